The molecule has 2 rings (SSSR count). The standard InChI is InChI=1S/C13H13BrN4O/c1-8-6-10(2-3-11(8)14)17-13(19)9-4-5-16-12(7-9)18-15/h2-7H,15H2,1H3,(H,16,18)(H,17,19). The fourth-order valence-electron chi connectivity index (χ4n) is 1.58. The molecule has 0 spiro atoms. The average Bonchev–Trinajstić information content (AvgIpc) is 2.43. The lowest BCUT2D eigenvalue weighted by Crippen LogP contribution is -2.14. The highest BCUT2D eigenvalue weighted by Crippen LogP contribution is 2.20. The smallest absolute Gasteiger partial charge is 0.255 e. The van der Waals surface area contributed by atoms with Crippen LogP contribution >= 0.6 is 15.9 Å². The van der Waals surface area contributed by atoms with E-state index in [9.17, 15) is 4.79 Å². The van der Waals surface area contributed by atoms with Crippen LogP contribution in [-0.2, 0) is 0 Å². The maximum absolute atomic E-state index is 12.1. The van der Waals surface area contributed by atoms with Gasteiger partial charge in [-0.2, -0.15) is 0 Å². The van der Waals surface area contributed by atoms with E-state index in [4.69, 9.17) is 5.84 Å². The van der Waals surface area contributed by atoms with Crippen LogP contribution in [0.25, 0.3) is 0 Å². The van der Waals surface area contributed by atoms with Gasteiger partial charge in [0, 0.05) is 21.9 Å². The van der Waals surface area contributed by atoms with Crippen molar-refractivity contribution in [3.8, 4) is 0 Å². The molecule has 0 atom stereocenters. The van der Waals surface area contributed by atoms with Gasteiger partial charge in [-0.1, -0.05) is 15.9 Å². The van der Waals surface area contributed by atoms with Gasteiger partial charge in [-0.3, -0.25) is 4.79 Å². The summed E-state index contributed by atoms with van der Waals surface area (Å²) in [5, 5.41) is 2.82. The van der Waals surface area contributed by atoms with Crippen LogP contribution < -0.4 is 16.6 Å². The number of rotatable bonds is 3. The Kier molecular flexibility index (Phi) is 4.13. The Bertz CT molecular complexity index is 615. The molecule has 6 heteroatoms. The predicted molar refractivity (Wildman–Crippen MR) is 78.9 cm³/mol. The minimum Gasteiger partial charge on any atom is -0.322 e. The summed E-state index contributed by atoms with van der Waals surface area (Å²) < 4.78 is 1.00. The second-order valence-corrected chi connectivity index (χ2v) is 4.85. The van der Waals surface area contributed by atoms with E-state index in [1.807, 2.05) is 25.1 Å². The fourth-order valence-corrected chi connectivity index (χ4v) is 1.82. The van der Waals surface area contributed by atoms with Crippen molar-refractivity contribution in [2.75, 3.05) is 10.7 Å². The molecular formula is C13H13BrN4O. The van der Waals surface area contributed by atoms with Gasteiger partial charge < -0.3 is 10.7 Å². The molecule has 0 aliphatic rings. The summed E-state index contributed by atoms with van der Waals surface area (Å²) in [7, 11) is 0. The first-order chi connectivity index (χ1) is 9.10. The summed E-state index contributed by atoms with van der Waals surface area (Å²) in [6.45, 7) is 1.96. The summed E-state index contributed by atoms with van der Waals surface area (Å²) >= 11 is 3.42. The van der Waals surface area contributed by atoms with E-state index in [1.165, 1.54) is 6.20 Å². The number of pyridine rings is 1. The zero-order valence-corrected chi connectivity index (χ0v) is 11.9. The second kappa shape index (κ2) is 5.81. The Balaban J connectivity index is 2.18. The minimum atomic E-state index is -0.208. The summed E-state index contributed by atoms with van der Waals surface area (Å²) in [6.07, 6.45) is 1.52. The lowest BCUT2D eigenvalue weighted by Gasteiger charge is -2.08. The van der Waals surface area contributed by atoms with Gasteiger partial charge >= 0.3 is 0 Å². The van der Waals surface area contributed by atoms with Crippen molar-refractivity contribution in [1.29, 1.82) is 0 Å². The van der Waals surface area contributed by atoms with Crippen LogP contribution in [0.3, 0.4) is 0 Å². The number of nitrogens with two attached hydrogens (primary N) is 1. The molecule has 2 aromatic rings. The highest BCUT2D eigenvalue weighted by molar-refractivity contribution is 9.10. The molecule has 1 aromatic carbocycles. The molecule has 0 saturated heterocycles. The number of benzene rings is 1. The molecule has 5 nitrogen and oxygen atoms in total. The SMILES string of the molecule is Cc1cc(NC(=O)c2ccnc(NN)c2)ccc1Br. The third kappa shape index (κ3) is 3.30. The number of halogens is 1. The molecule has 0 aliphatic heterocycles. The average molecular weight is 321 g/mol. The number of carbonyl (C=O) groups is 1. The quantitative estimate of drug-likeness (QED) is 0.600. The Hall–Kier alpha value is -1.92. The molecule has 0 unspecified atom stereocenters. The number of amides is 1. The van der Waals surface area contributed by atoms with Crippen molar-refractivity contribution in [3.05, 3.63) is 52.1 Å². The monoisotopic (exact) mass is 320 g/mol. The van der Waals surface area contributed by atoms with E-state index in [1.54, 1.807) is 12.1 Å². The summed E-state index contributed by atoms with van der Waals surface area (Å²) in [6, 6.07) is 8.83. The third-order valence-corrected chi connectivity index (χ3v) is 3.48. The number of nitrogens with one attached hydrogen (secondary N) is 2. The molecule has 98 valence electrons. The minimum absolute atomic E-state index is 0.208. The topological polar surface area (TPSA) is 80.0 Å². The number of hydrogen-bond donors (Lipinski definition) is 3. The molecule has 1 heterocycles. The first-order valence-electron chi connectivity index (χ1n) is 5.60. The van der Waals surface area contributed by atoms with Gasteiger partial charge in [0.1, 0.15) is 5.82 Å². The van der Waals surface area contributed by atoms with Gasteiger partial charge in [-0.05, 0) is 42.8 Å². The molecule has 0 bridgehead atoms. The molecule has 0 aliphatic carbocycles. The Morgan fingerprint density at radius 2 is 2.11 bits per heavy atom. The summed E-state index contributed by atoms with van der Waals surface area (Å²) in [5.41, 5.74) is 4.69. The highest BCUT2D eigenvalue weighted by Gasteiger charge is 2.07. The summed E-state index contributed by atoms with van der Waals surface area (Å²) in [5.74, 6) is 5.49. The number of anilines is 2. The Morgan fingerprint density at radius 1 is 1.32 bits per heavy atom. The van der Waals surface area contributed by atoms with E-state index in [0.717, 1.165) is 15.7 Å². The normalized spacial score (nSPS) is 10.1. The second-order valence-electron chi connectivity index (χ2n) is 3.99. The first-order valence-corrected chi connectivity index (χ1v) is 6.39. The number of hydrogen-bond acceptors (Lipinski definition) is 4. The van der Waals surface area contributed by atoms with Gasteiger partial charge in [0.2, 0.25) is 0 Å². The largest absolute Gasteiger partial charge is 0.322 e. The molecule has 19 heavy (non-hydrogen) atoms. The Morgan fingerprint density at radius 3 is 2.79 bits per heavy atom. The van der Waals surface area contributed by atoms with Crippen molar-refractivity contribution < 1.29 is 4.79 Å². The van der Waals surface area contributed by atoms with Crippen molar-refractivity contribution >= 4 is 33.3 Å². The van der Waals surface area contributed by atoms with Crippen molar-refractivity contribution in [2.24, 2.45) is 5.84 Å². The highest BCUT2D eigenvalue weighted by atomic mass is 79.9. The molecule has 1 aromatic heterocycles. The molecular weight excluding hydrogens is 308 g/mol. The van der Waals surface area contributed by atoms with Crippen LogP contribution in [0.4, 0.5) is 11.5 Å². The van der Waals surface area contributed by atoms with E-state index in [0.29, 0.717) is 11.4 Å². The number of nitrogen functional groups attached to an aromatic ring is 1. The van der Waals surface area contributed by atoms with Gasteiger partial charge in [-0.25, -0.2) is 10.8 Å². The van der Waals surface area contributed by atoms with Crippen molar-refractivity contribution in [3.63, 3.8) is 0 Å². The van der Waals surface area contributed by atoms with E-state index in [-0.39, 0.29) is 5.91 Å². The molecule has 0 radical (unpaired) electrons. The number of hydrazine groups is 1. The maximum atomic E-state index is 12.1. The summed E-state index contributed by atoms with van der Waals surface area (Å²) in [4.78, 5) is 16.0. The Labute approximate surface area is 119 Å². The predicted octanol–water partition coefficient (Wildman–Crippen LogP) is 2.69. The number of nitrogens with zero attached hydrogens (tertiary/aromatic N) is 1. The van der Waals surface area contributed by atoms with Crippen molar-refractivity contribution in [1.82, 2.24) is 4.98 Å². The van der Waals surface area contributed by atoms with Crippen LogP contribution in [0.15, 0.2) is 41.0 Å². The van der Waals surface area contributed by atoms with Crippen LogP contribution in [-0.4, -0.2) is 10.9 Å². The number of aromatic nitrogens is 1. The number of carbonyl (C=O) groups excluding carboxylic acids is 1. The first kappa shape index (κ1) is 13.5. The van der Waals surface area contributed by atoms with Gasteiger partial charge in [0.05, 0.1) is 0 Å². The fraction of sp³-hybridized carbons (Fsp3) is 0.0769. The van der Waals surface area contributed by atoms with E-state index < -0.39 is 0 Å². The van der Waals surface area contributed by atoms with Gasteiger partial charge in [0.25, 0.3) is 5.91 Å². The van der Waals surface area contributed by atoms with Gasteiger partial charge in [0.15, 0.2) is 0 Å². The lowest BCUT2D eigenvalue weighted by atomic mass is 10.2. The van der Waals surface area contributed by atoms with Crippen LogP contribution in [0.2, 0.25) is 0 Å². The molecule has 0 saturated carbocycles. The van der Waals surface area contributed by atoms with Gasteiger partial charge in [-0.15, -0.1) is 0 Å². The molecule has 4 N–H and O–H groups in total. The lowest BCUT2D eigenvalue weighted by molar-refractivity contribution is 0.102. The van der Waals surface area contributed by atoms with Crippen LogP contribution in [0.1, 0.15) is 15.9 Å². The number of aryl methyl sites for hydroxylation is 1. The zero-order valence-electron chi connectivity index (χ0n) is 10.3. The van der Waals surface area contributed by atoms with Crippen LogP contribution in [0.5, 0.6) is 0 Å². The third-order valence-electron chi connectivity index (χ3n) is 2.59. The molecule has 0 fully saturated rings. The van der Waals surface area contributed by atoms with Crippen molar-refractivity contribution in [2.45, 2.75) is 6.92 Å². The van der Waals surface area contributed by atoms with E-state index >= 15 is 0 Å². The molecule has 1 amide bonds. The van der Waals surface area contributed by atoms with Crippen LogP contribution in [0, 0.1) is 6.92 Å². The maximum Gasteiger partial charge on any atom is 0.255 e. The zero-order chi connectivity index (χ0) is 13.8. The van der Waals surface area contributed by atoms with E-state index in [2.05, 4.69) is 31.7 Å².